The fourth-order valence-corrected chi connectivity index (χ4v) is 3.58. The third-order valence-corrected chi connectivity index (χ3v) is 4.81. The molecule has 2 aromatic carbocycles. The number of benzene rings is 2. The molecule has 1 amide bonds. The summed E-state index contributed by atoms with van der Waals surface area (Å²) in [6.07, 6.45) is 3.94. The van der Waals surface area contributed by atoms with Crippen LogP contribution in [0.5, 0.6) is 0 Å². The third-order valence-electron chi connectivity index (χ3n) is 4.81. The van der Waals surface area contributed by atoms with Crippen LogP contribution in [0.4, 0.5) is 5.69 Å². The highest BCUT2D eigenvalue weighted by Crippen LogP contribution is 2.27. The van der Waals surface area contributed by atoms with Crippen LogP contribution in [0.1, 0.15) is 22.4 Å². The summed E-state index contributed by atoms with van der Waals surface area (Å²) in [6, 6.07) is 13.8. The Morgan fingerprint density at radius 1 is 1.15 bits per heavy atom. The molecular formula is C22H22N4O. The minimum absolute atomic E-state index is 0.0317. The van der Waals surface area contributed by atoms with Gasteiger partial charge in [0.25, 0.3) is 0 Å². The van der Waals surface area contributed by atoms with E-state index in [1.165, 1.54) is 11.1 Å². The van der Waals surface area contributed by atoms with Crippen molar-refractivity contribution < 1.29 is 4.79 Å². The van der Waals surface area contributed by atoms with E-state index >= 15 is 0 Å². The lowest BCUT2D eigenvalue weighted by molar-refractivity contribution is -0.115. The Labute approximate surface area is 158 Å². The van der Waals surface area contributed by atoms with E-state index in [0.29, 0.717) is 6.42 Å². The Morgan fingerprint density at radius 3 is 2.78 bits per heavy atom. The average Bonchev–Trinajstić information content (AvgIpc) is 3.25. The van der Waals surface area contributed by atoms with Crippen LogP contribution in [-0.2, 0) is 11.2 Å². The molecule has 0 aliphatic rings. The van der Waals surface area contributed by atoms with E-state index in [-0.39, 0.29) is 5.91 Å². The van der Waals surface area contributed by atoms with E-state index in [2.05, 4.69) is 41.4 Å². The van der Waals surface area contributed by atoms with Crippen molar-refractivity contribution in [1.82, 2.24) is 14.8 Å². The van der Waals surface area contributed by atoms with E-state index in [1.807, 2.05) is 43.5 Å². The number of hydrogen-bond donors (Lipinski definition) is 2. The van der Waals surface area contributed by atoms with Crippen LogP contribution < -0.4 is 5.32 Å². The predicted molar refractivity (Wildman–Crippen MR) is 108 cm³/mol. The number of nitrogens with zero attached hydrogens (tertiary/aromatic N) is 2. The molecule has 0 fully saturated rings. The normalized spacial score (nSPS) is 11.1. The first-order valence-corrected chi connectivity index (χ1v) is 8.99. The number of rotatable bonds is 4. The molecule has 136 valence electrons. The fraction of sp³-hybridized carbons (Fsp3) is 0.182. The van der Waals surface area contributed by atoms with Gasteiger partial charge in [-0.1, -0.05) is 17.7 Å². The maximum atomic E-state index is 12.7. The number of amides is 1. The van der Waals surface area contributed by atoms with Gasteiger partial charge in [-0.2, -0.15) is 5.10 Å². The number of aromatic nitrogens is 3. The maximum Gasteiger partial charge on any atom is 0.228 e. The standard InChI is InChI=1S/C22H22N4O/c1-14-10-15(2)22-20(11-14)19(16(3)24-22)13-21(27)25-17-6-4-7-18(12-17)26-9-5-8-23-26/h4-12,24H,13H2,1-3H3,(H,25,27). The number of anilines is 1. The number of nitrogens with one attached hydrogen (secondary N) is 2. The summed E-state index contributed by atoms with van der Waals surface area (Å²) in [5.41, 5.74) is 7.28. The zero-order chi connectivity index (χ0) is 19.0. The van der Waals surface area contributed by atoms with Gasteiger partial charge in [-0.15, -0.1) is 0 Å². The molecule has 27 heavy (non-hydrogen) atoms. The van der Waals surface area contributed by atoms with Crippen molar-refractivity contribution in [2.45, 2.75) is 27.2 Å². The van der Waals surface area contributed by atoms with Gasteiger partial charge in [-0.05, 0) is 62.2 Å². The lowest BCUT2D eigenvalue weighted by Gasteiger charge is -2.08. The summed E-state index contributed by atoms with van der Waals surface area (Å²) < 4.78 is 1.77. The van der Waals surface area contributed by atoms with Crippen LogP contribution >= 0.6 is 0 Å². The average molecular weight is 358 g/mol. The van der Waals surface area contributed by atoms with E-state index < -0.39 is 0 Å². The highest BCUT2D eigenvalue weighted by molar-refractivity contribution is 5.97. The SMILES string of the molecule is Cc1cc(C)c2[nH]c(C)c(CC(=O)Nc3cccc(-n4cccn4)c3)c2c1. The monoisotopic (exact) mass is 358 g/mol. The molecule has 2 aromatic heterocycles. The van der Waals surface area contributed by atoms with Gasteiger partial charge in [0.15, 0.2) is 0 Å². The largest absolute Gasteiger partial charge is 0.358 e. The summed E-state index contributed by atoms with van der Waals surface area (Å²) in [4.78, 5) is 16.1. The van der Waals surface area contributed by atoms with Crippen molar-refractivity contribution in [2.75, 3.05) is 5.32 Å². The number of H-pyrrole nitrogens is 1. The number of aryl methyl sites for hydroxylation is 3. The van der Waals surface area contributed by atoms with Gasteiger partial charge in [0.05, 0.1) is 12.1 Å². The summed E-state index contributed by atoms with van der Waals surface area (Å²) in [7, 11) is 0. The van der Waals surface area contributed by atoms with E-state index in [1.54, 1.807) is 10.9 Å². The van der Waals surface area contributed by atoms with Crippen LogP contribution in [0.3, 0.4) is 0 Å². The smallest absolute Gasteiger partial charge is 0.228 e. The van der Waals surface area contributed by atoms with Gasteiger partial charge >= 0.3 is 0 Å². The summed E-state index contributed by atoms with van der Waals surface area (Å²) in [5.74, 6) is -0.0317. The molecule has 5 nitrogen and oxygen atoms in total. The number of carbonyl (C=O) groups is 1. The second kappa shape index (κ2) is 6.76. The van der Waals surface area contributed by atoms with Crippen LogP contribution in [0.15, 0.2) is 54.9 Å². The number of carbonyl (C=O) groups excluding carboxylic acids is 1. The topological polar surface area (TPSA) is 62.7 Å². The minimum Gasteiger partial charge on any atom is -0.358 e. The van der Waals surface area contributed by atoms with Crippen molar-refractivity contribution in [2.24, 2.45) is 0 Å². The van der Waals surface area contributed by atoms with Crippen molar-refractivity contribution in [1.29, 1.82) is 0 Å². The Balaban J connectivity index is 1.58. The second-order valence-corrected chi connectivity index (χ2v) is 6.96. The molecule has 4 rings (SSSR count). The molecule has 0 radical (unpaired) electrons. The predicted octanol–water partition coefficient (Wildman–Crippen LogP) is 4.46. The zero-order valence-corrected chi connectivity index (χ0v) is 15.7. The van der Waals surface area contributed by atoms with Crippen LogP contribution in [0.2, 0.25) is 0 Å². The molecule has 4 aromatic rings. The van der Waals surface area contributed by atoms with Crippen LogP contribution in [-0.4, -0.2) is 20.7 Å². The van der Waals surface area contributed by atoms with Gasteiger partial charge in [0.1, 0.15) is 0 Å². The molecule has 0 saturated heterocycles. The van der Waals surface area contributed by atoms with Crippen molar-refractivity contribution in [3.05, 3.63) is 77.2 Å². The summed E-state index contributed by atoms with van der Waals surface area (Å²) in [6.45, 7) is 6.20. The molecule has 2 heterocycles. The quantitative estimate of drug-likeness (QED) is 0.566. The van der Waals surface area contributed by atoms with E-state index in [0.717, 1.165) is 33.5 Å². The van der Waals surface area contributed by atoms with E-state index in [9.17, 15) is 4.79 Å². The van der Waals surface area contributed by atoms with Crippen LogP contribution in [0.25, 0.3) is 16.6 Å². The van der Waals surface area contributed by atoms with Gasteiger partial charge in [-0.25, -0.2) is 4.68 Å². The molecule has 0 aliphatic carbocycles. The lowest BCUT2D eigenvalue weighted by Crippen LogP contribution is -2.15. The first kappa shape index (κ1) is 17.1. The molecule has 0 saturated carbocycles. The summed E-state index contributed by atoms with van der Waals surface area (Å²) >= 11 is 0. The first-order valence-electron chi connectivity index (χ1n) is 8.99. The molecule has 5 heteroatoms. The Morgan fingerprint density at radius 2 is 2.00 bits per heavy atom. The van der Waals surface area contributed by atoms with Crippen LogP contribution in [0, 0.1) is 20.8 Å². The minimum atomic E-state index is -0.0317. The van der Waals surface area contributed by atoms with Gasteiger partial charge < -0.3 is 10.3 Å². The fourth-order valence-electron chi connectivity index (χ4n) is 3.58. The first-order chi connectivity index (χ1) is 13.0. The Kier molecular flexibility index (Phi) is 4.28. The van der Waals surface area contributed by atoms with E-state index in [4.69, 9.17) is 0 Å². The molecule has 0 spiro atoms. The molecule has 2 N–H and O–H groups in total. The Hall–Kier alpha value is -3.34. The molecular weight excluding hydrogens is 336 g/mol. The second-order valence-electron chi connectivity index (χ2n) is 6.96. The number of hydrogen-bond acceptors (Lipinski definition) is 2. The van der Waals surface area contributed by atoms with Gasteiger partial charge in [0.2, 0.25) is 5.91 Å². The maximum absolute atomic E-state index is 12.7. The molecule has 0 atom stereocenters. The Bertz CT molecular complexity index is 1120. The number of fused-ring (bicyclic) bond motifs is 1. The lowest BCUT2D eigenvalue weighted by atomic mass is 10.0. The highest BCUT2D eigenvalue weighted by atomic mass is 16.1. The highest BCUT2D eigenvalue weighted by Gasteiger charge is 2.14. The third kappa shape index (κ3) is 3.36. The van der Waals surface area contributed by atoms with Crippen molar-refractivity contribution in [3.63, 3.8) is 0 Å². The zero-order valence-electron chi connectivity index (χ0n) is 15.7. The molecule has 0 bridgehead atoms. The van der Waals surface area contributed by atoms with Crippen molar-refractivity contribution >= 4 is 22.5 Å². The number of aromatic amines is 1. The van der Waals surface area contributed by atoms with Gasteiger partial charge in [0, 0.05) is 34.7 Å². The molecule has 0 aliphatic heterocycles. The summed E-state index contributed by atoms with van der Waals surface area (Å²) in [5, 5.41) is 8.37. The molecule has 0 unspecified atom stereocenters. The van der Waals surface area contributed by atoms with Gasteiger partial charge in [-0.3, -0.25) is 4.79 Å². The van der Waals surface area contributed by atoms with Crippen molar-refractivity contribution in [3.8, 4) is 5.69 Å².